The minimum absolute atomic E-state index is 0.352. The highest BCUT2D eigenvalue weighted by Gasteiger charge is 1.93. The summed E-state index contributed by atoms with van der Waals surface area (Å²) in [5.41, 5.74) is 0. The Morgan fingerprint density at radius 2 is 0.833 bits per heavy atom. The van der Waals surface area contributed by atoms with Gasteiger partial charge in [0.1, 0.15) is 0 Å². The summed E-state index contributed by atoms with van der Waals surface area (Å²) in [6.07, 6.45) is 20.8. The lowest BCUT2D eigenvalue weighted by Crippen LogP contribution is -1.84. The van der Waals surface area contributed by atoms with Crippen LogP contribution in [0.25, 0.3) is 0 Å². The van der Waals surface area contributed by atoms with Crippen molar-refractivity contribution in [3.05, 3.63) is 0 Å². The van der Waals surface area contributed by atoms with Crippen LogP contribution in [0.3, 0.4) is 0 Å². The van der Waals surface area contributed by atoms with E-state index in [4.69, 9.17) is 0 Å². The van der Waals surface area contributed by atoms with Crippen LogP contribution in [0.15, 0.2) is 0 Å². The van der Waals surface area contributed by atoms with Gasteiger partial charge in [-0.25, -0.2) is 0 Å². The summed E-state index contributed by atoms with van der Waals surface area (Å²) in [6.45, 7) is 4.73. The fourth-order valence-corrected chi connectivity index (χ4v) is 3.47. The van der Waals surface area contributed by atoms with Gasteiger partial charge in [0.25, 0.3) is 0 Å². The highest BCUT2D eigenvalue weighted by Crippen LogP contribution is 2.13. The molecule has 0 spiro atoms. The van der Waals surface area contributed by atoms with E-state index in [2.05, 4.69) is 13.5 Å². The molecule has 0 bridgehead atoms. The third kappa shape index (κ3) is 16.2. The zero-order valence-corrected chi connectivity index (χ0v) is 14.7. The molecule has 0 amide bonds. The zero-order valence-electron chi connectivity index (χ0n) is 13.3. The molecule has 0 aliphatic heterocycles. The molecule has 0 aliphatic rings. The van der Waals surface area contributed by atoms with Gasteiger partial charge in [0, 0.05) is 9.52 Å². The minimum atomic E-state index is 0.352. The second-order valence-corrected chi connectivity index (χ2v) is 7.66. The molecule has 0 aliphatic carbocycles. The van der Waals surface area contributed by atoms with Gasteiger partial charge in [0.15, 0.2) is 0 Å². The molecule has 0 radical (unpaired) electrons. The zero-order chi connectivity index (χ0) is 13.3. The van der Waals surface area contributed by atoms with Crippen LogP contribution < -0.4 is 0 Å². The maximum Gasteiger partial charge on any atom is 0.0166 e. The largest absolute Gasteiger partial charge is 0.0748 e. The van der Waals surface area contributed by atoms with E-state index in [1.54, 1.807) is 6.04 Å². The van der Waals surface area contributed by atoms with Crippen LogP contribution >= 0.6 is 0 Å². The van der Waals surface area contributed by atoms with Gasteiger partial charge in [0.2, 0.25) is 0 Å². The van der Waals surface area contributed by atoms with Crippen LogP contribution in [0.5, 0.6) is 0 Å². The van der Waals surface area contributed by atoms with Gasteiger partial charge in [0.05, 0.1) is 0 Å². The van der Waals surface area contributed by atoms with Crippen LogP contribution in [0.2, 0.25) is 12.6 Å². The third-order valence-electron chi connectivity index (χ3n) is 3.96. The first-order valence-electron chi connectivity index (χ1n) is 8.91. The quantitative estimate of drug-likeness (QED) is 0.249. The predicted octanol–water partition coefficient (Wildman–Crippen LogP) is 6.10. The Labute approximate surface area is 119 Å². The number of hydrogen-bond acceptors (Lipinski definition) is 0. The Kier molecular flexibility index (Phi) is 17.4. The Hall–Kier alpha value is 0.217. The van der Waals surface area contributed by atoms with E-state index in [1.165, 1.54) is 89.9 Å². The van der Waals surface area contributed by atoms with Crippen molar-refractivity contribution in [1.82, 2.24) is 0 Å². The van der Waals surface area contributed by atoms with Crippen LogP contribution in [-0.2, 0) is 0 Å². The SMILES string of the molecule is CCCCCCCCCCCCCCCC[SiH2]C. The molecule has 0 heterocycles. The molecule has 0 aromatic carbocycles. The lowest BCUT2D eigenvalue weighted by Gasteiger charge is -2.02. The van der Waals surface area contributed by atoms with Crippen LogP contribution in [0.1, 0.15) is 96.8 Å². The monoisotopic (exact) mass is 270 g/mol. The van der Waals surface area contributed by atoms with Gasteiger partial charge in [-0.1, -0.05) is 109 Å². The first-order valence-corrected chi connectivity index (χ1v) is 11.3. The fraction of sp³-hybridized carbons (Fsp3) is 1.00. The molecule has 1 heteroatoms. The molecule has 110 valence electrons. The minimum Gasteiger partial charge on any atom is -0.0748 e. The second-order valence-electron chi connectivity index (χ2n) is 5.95. The second kappa shape index (κ2) is 17.2. The van der Waals surface area contributed by atoms with Gasteiger partial charge >= 0.3 is 0 Å². The summed E-state index contributed by atoms with van der Waals surface area (Å²) < 4.78 is 0. The summed E-state index contributed by atoms with van der Waals surface area (Å²) in [5.74, 6) is 0. The van der Waals surface area contributed by atoms with E-state index in [9.17, 15) is 0 Å². The van der Waals surface area contributed by atoms with Crippen molar-refractivity contribution in [2.45, 2.75) is 109 Å². The van der Waals surface area contributed by atoms with Crippen molar-refractivity contribution in [3.63, 3.8) is 0 Å². The van der Waals surface area contributed by atoms with Crippen molar-refractivity contribution in [3.8, 4) is 0 Å². The summed E-state index contributed by atoms with van der Waals surface area (Å²) in [5, 5.41) is 0. The van der Waals surface area contributed by atoms with Crippen LogP contribution in [0, 0.1) is 0 Å². The molecule has 0 saturated heterocycles. The Morgan fingerprint density at radius 1 is 0.500 bits per heavy atom. The summed E-state index contributed by atoms with van der Waals surface area (Å²) in [4.78, 5) is 0. The van der Waals surface area contributed by atoms with Crippen molar-refractivity contribution < 1.29 is 0 Å². The maximum absolute atomic E-state index is 2.43. The van der Waals surface area contributed by atoms with E-state index >= 15 is 0 Å². The van der Waals surface area contributed by atoms with E-state index in [0.29, 0.717) is 9.52 Å². The Balaban J connectivity index is 2.86. The third-order valence-corrected chi connectivity index (χ3v) is 5.16. The average Bonchev–Trinajstić information content (AvgIpc) is 2.39. The van der Waals surface area contributed by atoms with Gasteiger partial charge in [-0.3, -0.25) is 0 Å². The first kappa shape index (κ1) is 18.2. The maximum atomic E-state index is 2.43. The van der Waals surface area contributed by atoms with Crippen molar-refractivity contribution in [1.29, 1.82) is 0 Å². The standard InChI is InChI=1S/C17H38Si/c1-3-4-5-6-7-8-9-10-11-12-13-14-15-16-17-18-2/h3-18H2,1-2H3. The Morgan fingerprint density at radius 3 is 1.17 bits per heavy atom. The fourth-order valence-electron chi connectivity index (χ4n) is 2.62. The van der Waals surface area contributed by atoms with Crippen molar-refractivity contribution in [2.75, 3.05) is 0 Å². The van der Waals surface area contributed by atoms with E-state index < -0.39 is 0 Å². The molecular formula is C17H38Si. The molecule has 0 fully saturated rings. The van der Waals surface area contributed by atoms with Crippen molar-refractivity contribution >= 4 is 9.52 Å². The van der Waals surface area contributed by atoms with Crippen molar-refractivity contribution in [2.24, 2.45) is 0 Å². The topological polar surface area (TPSA) is 0 Å². The number of rotatable bonds is 15. The predicted molar refractivity (Wildman–Crippen MR) is 89.5 cm³/mol. The van der Waals surface area contributed by atoms with E-state index in [0.717, 1.165) is 0 Å². The lowest BCUT2D eigenvalue weighted by atomic mass is 10.0. The molecular weight excluding hydrogens is 232 g/mol. The molecule has 0 aromatic rings. The number of unbranched alkanes of at least 4 members (excludes halogenated alkanes) is 13. The van der Waals surface area contributed by atoms with E-state index in [-0.39, 0.29) is 0 Å². The van der Waals surface area contributed by atoms with Gasteiger partial charge in [-0.15, -0.1) is 0 Å². The van der Waals surface area contributed by atoms with Crippen LogP contribution in [0.4, 0.5) is 0 Å². The molecule has 0 saturated carbocycles. The van der Waals surface area contributed by atoms with Gasteiger partial charge < -0.3 is 0 Å². The summed E-state index contributed by atoms with van der Waals surface area (Å²) in [6, 6.07) is 1.58. The molecule has 0 atom stereocenters. The van der Waals surface area contributed by atoms with Gasteiger partial charge in [-0.05, 0) is 0 Å². The highest BCUT2D eigenvalue weighted by atomic mass is 28.2. The number of hydrogen-bond donors (Lipinski definition) is 0. The average molecular weight is 271 g/mol. The molecule has 18 heavy (non-hydrogen) atoms. The first-order chi connectivity index (χ1) is 8.91. The lowest BCUT2D eigenvalue weighted by molar-refractivity contribution is 0.538. The summed E-state index contributed by atoms with van der Waals surface area (Å²) in [7, 11) is 0.352. The Bertz CT molecular complexity index is 118. The molecule has 0 rings (SSSR count). The van der Waals surface area contributed by atoms with Crippen LogP contribution in [-0.4, -0.2) is 9.52 Å². The molecule has 0 aromatic heterocycles. The smallest absolute Gasteiger partial charge is 0.0166 e. The highest BCUT2D eigenvalue weighted by molar-refractivity contribution is 6.33. The molecule has 0 nitrogen and oxygen atoms in total. The van der Waals surface area contributed by atoms with E-state index in [1.807, 2.05) is 0 Å². The summed E-state index contributed by atoms with van der Waals surface area (Å²) >= 11 is 0. The molecule has 0 unspecified atom stereocenters. The molecule has 0 N–H and O–H groups in total. The normalized spacial score (nSPS) is 11.7. The van der Waals surface area contributed by atoms with Gasteiger partial charge in [-0.2, -0.15) is 0 Å².